The van der Waals surface area contributed by atoms with E-state index >= 15 is 0 Å². The second kappa shape index (κ2) is 9.62. The van der Waals surface area contributed by atoms with E-state index in [4.69, 9.17) is 0 Å². The normalized spacial score (nSPS) is 10.3. The molecule has 0 bridgehead atoms. The third-order valence-corrected chi connectivity index (χ3v) is 3.63. The van der Waals surface area contributed by atoms with Gasteiger partial charge in [0.15, 0.2) is 0 Å². The van der Waals surface area contributed by atoms with Crippen molar-refractivity contribution in [1.82, 2.24) is 10.3 Å². The van der Waals surface area contributed by atoms with Gasteiger partial charge in [-0.15, -0.1) is 0 Å². The average Bonchev–Trinajstić information content (AvgIpc) is 2.60. The third kappa shape index (κ3) is 6.10. The Morgan fingerprint density at radius 1 is 1.09 bits per heavy atom. The molecule has 23 heavy (non-hydrogen) atoms. The maximum absolute atomic E-state index is 12.0. The van der Waals surface area contributed by atoms with Gasteiger partial charge in [0.05, 0.1) is 11.3 Å². The van der Waals surface area contributed by atoms with E-state index in [-0.39, 0.29) is 5.91 Å². The van der Waals surface area contributed by atoms with E-state index in [1.54, 1.807) is 12.4 Å². The quantitative estimate of drug-likeness (QED) is 0.695. The maximum Gasteiger partial charge on any atom is 0.252 e. The molecule has 1 heterocycles. The van der Waals surface area contributed by atoms with Gasteiger partial charge >= 0.3 is 0 Å². The first-order valence-electron chi connectivity index (χ1n) is 8.30. The van der Waals surface area contributed by atoms with E-state index in [0.29, 0.717) is 12.1 Å². The fourth-order valence-corrected chi connectivity index (χ4v) is 2.31. The summed E-state index contributed by atoms with van der Waals surface area (Å²) < 4.78 is 0. The molecule has 0 fully saturated rings. The summed E-state index contributed by atoms with van der Waals surface area (Å²) in [6.45, 7) is 3.68. The molecule has 4 heteroatoms. The molecule has 0 radical (unpaired) electrons. The number of nitrogens with one attached hydrogen (secondary N) is 2. The Morgan fingerprint density at radius 2 is 1.91 bits per heavy atom. The van der Waals surface area contributed by atoms with Crippen molar-refractivity contribution >= 4 is 11.6 Å². The van der Waals surface area contributed by atoms with Crippen molar-refractivity contribution in [3.63, 3.8) is 0 Å². The second-order valence-corrected chi connectivity index (χ2v) is 5.59. The summed E-state index contributed by atoms with van der Waals surface area (Å²) in [4.78, 5) is 16.2. The summed E-state index contributed by atoms with van der Waals surface area (Å²) in [6.07, 6.45) is 7.51. The van der Waals surface area contributed by atoms with Crippen LogP contribution in [0, 0.1) is 0 Å². The van der Waals surface area contributed by atoms with Crippen LogP contribution in [0.5, 0.6) is 0 Å². The van der Waals surface area contributed by atoms with Crippen LogP contribution in [0.3, 0.4) is 0 Å². The summed E-state index contributed by atoms with van der Waals surface area (Å²) in [7, 11) is 0. The lowest BCUT2D eigenvalue weighted by Gasteiger charge is -2.08. The summed E-state index contributed by atoms with van der Waals surface area (Å²) in [5.41, 5.74) is 2.84. The molecule has 0 aliphatic heterocycles. The molecule has 0 spiro atoms. The van der Waals surface area contributed by atoms with Gasteiger partial charge in [-0.1, -0.05) is 43.7 Å². The molecule has 1 aromatic carbocycles. The van der Waals surface area contributed by atoms with Crippen LogP contribution in [-0.4, -0.2) is 24.0 Å². The topological polar surface area (TPSA) is 54.0 Å². The van der Waals surface area contributed by atoms with Crippen molar-refractivity contribution in [1.29, 1.82) is 0 Å². The molecule has 0 aliphatic carbocycles. The van der Waals surface area contributed by atoms with Gasteiger partial charge in [-0.05, 0) is 30.9 Å². The number of carbonyl (C=O) groups is 1. The van der Waals surface area contributed by atoms with E-state index < -0.39 is 0 Å². The number of nitrogens with zero attached hydrogens (tertiary/aromatic N) is 1. The predicted octanol–water partition coefficient (Wildman–Crippen LogP) is 3.66. The lowest BCUT2D eigenvalue weighted by Crippen LogP contribution is -2.24. The van der Waals surface area contributed by atoms with Crippen LogP contribution in [0.4, 0.5) is 5.69 Å². The number of benzene rings is 1. The summed E-state index contributed by atoms with van der Waals surface area (Å²) >= 11 is 0. The number of aromatic nitrogens is 1. The van der Waals surface area contributed by atoms with Crippen molar-refractivity contribution in [2.75, 3.05) is 18.4 Å². The summed E-state index contributed by atoms with van der Waals surface area (Å²) in [6, 6.07) is 12.3. The molecule has 0 saturated heterocycles. The van der Waals surface area contributed by atoms with Gasteiger partial charge < -0.3 is 10.6 Å². The van der Waals surface area contributed by atoms with Crippen LogP contribution in [-0.2, 0) is 6.42 Å². The molecule has 0 unspecified atom stereocenters. The standard InChI is InChI=1S/C19H25N3O/c1-2-3-11-22-19(23)17-13-18(15-20-14-17)21-12-7-10-16-8-5-4-6-9-16/h4-6,8-9,13-15,21H,2-3,7,10-12H2,1H3,(H,22,23). The Balaban J connectivity index is 1.77. The first kappa shape index (κ1) is 17.0. The first-order valence-corrected chi connectivity index (χ1v) is 8.30. The van der Waals surface area contributed by atoms with Crippen molar-refractivity contribution < 1.29 is 4.79 Å². The number of rotatable bonds is 9. The Bertz CT molecular complexity index is 599. The van der Waals surface area contributed by atoms with E-state index in [2.05, 4.69) is 46.8 Å². The van der Waals surface area contributed by atoms with Crippen molar-refractivity contribution in [3.05, 3.63) is 59.9 Å². The molecule has 1 amide bonds. The number of anilines is 1. The number of hydrogen-bond donors (Lipinski definition) is 2. The minimum atomic E-state index is -0.0566. The zero-order valence-corrected chi connectivity index (χ0v) is 13.7. The molecule has 0 atom stereocenters. The molecular weight excluding hydrogens is 286 g/mol. The van der Waals surface area contributed by atoms with E-state index in [9.17, 15) is 4.79 Å². The van der Waals surface area contributed by atoms with Crippen LogP contribution >= 0.6 is 0 Å². The molecular formula is C19H25N3O. The molecule has 4 nitrogen and oxygen atoms in total. The van der Waals surface area contributed by atoms with Crippen LogP contribution in [0.2, 0.25) is 0 Å². The number of aryl methyl sites for hydroxylation is 1. The molecule has 0 aliphatic rings. The number of amides is 1. The highest BCUT2D eigenvalue weighted by Gasteiger charge is 2.06. The fourth-order valence-electron chi connectivity index (χ4n) is 2.31. The van der Waals surface area contributed by atoms with Crippen molar-refractivity contribution in [2.24, 2.45) is 0 Å². The van der Waals surface area contributed by atoms with Gasteiger partial charge in [-0.25, -0.2) is 0 Å². The molecule has 122 valence electrons. The zero-order chi connectivity index (χ0) is 16.3. The van der Waals surface area contributed by atoms with Crippen molar-refractivity contribution in [2.45, 2.75) is 32.6 Å². The number of carbonyl (C=O) groups excluding carboxylic acids is 1. The highest BCUT2D eigenvalue weighted by Crippen LogP contribution is 2.09. The largest absolute Gasteiger partial charge is 0.384 e. The molecule has 2 aromatic rings. The Kier molecular flexibility index (Phi) is 7.11. The Hall–Kier alpha value is -2.36. The Labute approximate surface area is 138 Å². The lowest BCUT2D eigenvalue weighted by atomic mass is 10.1. The van der Waals surface area contributed by atoms with E-state index in [1.807, 2.05) is 12.1 Å². The minimum Gasteiger partial charge on any atom is -0.384 e. The molecule has 1 aromatic heterocycles. The first-order chi connectivity index (χ1) is 11.3. The van der Waals surface area contributed by atoms with Gasteiger partial charge in [0.1, 0.15) is 0 Å². The second-order valence-electron chi connectivity index (χ2n) is 5.59. The van der Waals surface area contributed by atoms with Crippen LogP contribution < -0.4 is 10.6 Å². The van der Waals surface area contributed by atoms with Gasteiger partial charge in [0.2, 0.25) is 0 Å². The SMILES string of the molecule is CCCCNC(=O)c1cncc(NCCCc2ccccc2)c1. The summed E-state index contributed by atoms with van der Waals surface area (Å²) in [5, 5.41) is 6.24. The van der Waals surface area contributed by atoms with E-state index in [1.165, 1.54) is 5.56 Å². The number of pyridine rings is 1. The highest BCUT2D eigenvalue weighted by atomic mass is 16.1. The number of unbranched alkanes of at least 4 members (excludes halogenated alkanes) is 1. The van der Waals surface area contributed by atoms with Crippen LogP contribution in [0.25, 0.3) is 0 Å². The number of hydrogen-bond acceptors (Lipinski definition) is 3. The van der Waals surface area contributed by atoms with E-state index in [0.717, 1.165) is 37.9 Å². The average molecular weight is 311 g/mol. The Morgan fingerprint density at radius 3 is 2.70 bits per heavy atom. The zero-order valence-electron chi connectivity index (χ0n) is 13.7. The molecule has 2 N–H and O–H groups in total. The van der Waals surface area contributed by atoms with Crippen LogP contribution in [0.1, 0.15) is 42.1 Å². The highest BCUT2D eigenvalue weighted by molar-refractivity contribution is 5.94. The smallest absolute Gasteiger partial charge is 0.252 e. The van der Waals surface area contributed by atoms with Gasteiger partial charge in [-0.2, -0.15) is 0 Å². The molecule has 2 rings (SSSR count). The monoisotopic (exact) mass is 311 g/mol. The lowest BCUT2D eigenvalue weighted by molar-refractivity contribution is 0.0953. The van der Waals surface area contributed by atoms with Gasteiger partial charge in [0.25, 0.3) is 5.91 Å². The predicted molar refractivity (Wildman–Crippen MR) is 94.7 cm³/mol. The maximum atomic E-state index is 12.0. The molecule has 0 saturated carbocycles. The van der Waals surface area contributed by atoms with Crippen molar-refractivity contribution in [3.8, 4) is 0 Å². The van der Waals surface area contributed by atoms with Gasteiger partial charge in [-0.3, -0.25) is 9.78 Å². The minimum absolute atomic E-state index is 0.0566. The van der Waals surface area contributed by atoms with Gasteiger partial charge in [0, 0.05) is 25.5 Å². The third-order valence-electron chi connectivity index (χ3n) is 3.63. The summed E-state index contributed by atoms with van der Waals surface area (Å²) in [5.74, 6) is -0.0566. The fraction of sp³-hybridized carbons (Fsp3) is 0.368. The van der Waals surface area contributed by atoms with Crippen LogP contribution in [0.15, 0.2) is 48.8 Å².